The van der Waals surface area contributed by atoms with E-state index in [1.807, 2.05) is 30.6 Å². The molecule has 2 aromatic rings. The van der Waals surface area contributed by atoms with Crippen LogP contribution in [0.3, 0.4) is 0 Å². The fourth-order valence-electron chi connectivity index (χ4n) is 2.22. The fourth-order valence-corrected chi connectivity index (χ4v) is 3.26. The van der Waals surface area contributed by atoms with Crippen LogP contribution in [-0.4, -0.2) is 15.9 Å². The summed E-state index contributed by atoms with van der Waals surface area (Å²) in [6.45, 7) is 2.15. The molecule has 0 spiro atoms. The number of pyridine rings is 1. The first-order chi connectivity index (χ1) is 9.83. The van der Waals surface area contributed by atoms with Crippen molar-refractivity contribution in [3.8, 4) is 0 Å². The molecule has 1 aliphatic rings. The van der Waals surface area contributed by atoms with Crippen molar-refractivity contribution in [3.63, 3.8) is 0 Å². The Hall–Kier alpha value is -1.81. The van der Waals surface area contributed by atoms with Gasteiger partial charge in [-0.15, -0.1) is 0 Å². The van der Waals surface area contributed by atoms with Crippen LogP contribution in [0.4, 0.5) is 0 Å². The summed E-state index contributed by atoms with van der Waals surface area (Å²) in [5.41, 5.74) is 2.51. The number of nitrogens with one attached hydrogen (secondary N) is 1. The number of benzene rings is 1. The Kier molecular flexibility index (Phi) is 4.02. The molecule has 0 saturated carbocycles. The van der Waals surface area contributed by atoms with E-state index in [-0.39, 0.29) is 12.1 Å². The topological polar surface area (TPSA) is 37.3 Å². The maximum Gasteiger partial charge on any atom is 0.157 e. The summed E-state index contributed by atoms with van der Waals surface area (Å²) in [5.74, 6) is 1.01. The molecular weight excluding hydrogens is 266 g/mol. The van der Waals surface area contributed by atoms with Crippen LogP contribution < -0.4 is 5.32 Å². The van der Waals surface area contributed by atoms with Crippen molar-refractivity contribution in [3.05, 3.63) is 66.0 Å². The average molecular weight is 283 g/mol. The van der Waals surface area contributed by atoms with E-state index in [0.717, 1.165) is 10.9 Å². The predicted molar refractivity (Wildman–Crippen MR) is 84.9 cm³/mol. The molecule has 20 heavy (non-hydrogen) atoms. The molecule has 0 amide bonds. The monoisotopic (exact) mass is 283 g/mol. The molecule has 4 heteroatoms. The molecule has 1 aliphatic heterocycles. The van der Waals surface area contributed by atoms with Crippen molar-refractivity contribution in [1.29, 1.82) is 0 Å². The Morgan fingerprint density at radius 2 is 1.90 bits per heavy atom. The molecular formula is C16H17N3S. The number of thioether (sulfide) groups is 1. The minimum atomic E-state index is 0.249. The molecule has 0 fully saturated rings. The zero-order chi connectivity index (χ0) is 13.8. The smallest absolute Gasteiger partial charge is 0.157 e. The number of hydrogen-bond donors (Lipinski definition) is 1. The molecule has 3 nitrogen and oxygen atoms in total. The lowest BCUT2D eigenvalue weighted by Crippen LogP contribution is -2.22. The second kappa shape index (κ2) is 6.09. The molecule has 1 aromatic carbocycles. The molecule has 2 atom stereocenters. The lowest BCUT2D eigenvalue weighted by atomic mass is 10.1. The van der Waals surface area contributed by atoms with Crippen molar-refractivity contribution in [2.45, 2.75) is 19.0 Å². The lowest BCUT2D eigenvalue weighted by molar-refractivity contribution is 0.716. The number of nitrogens with zero attached hydrogens (tertiary/aromatic N) is 2. The van der Waals surface area contributed by atoms with Gasteiger partial charge in [0.25, 0.3) is 0 Å². The first kappa shape index (κ1) is 13.2. The number of aromatic nitrogens is 1. The molecule has 2 unspecified atom stereocenters. The van der Waals surface area contributed by atoms with Crippen molar-refractivity contribution in [2.75, 3.05) is 5.75 Å². The third-order valence-corrected chi connectivity index (χ3v) is 4.36. The quantitative estimate of drug-likeness (QED) is 0.935. The van der Waals surface area contributed by atoms with Crippen molar-refractivity contribution < 1.29 is 0 Å². The Morgan fingerprint density at radius 3 is 2.65 bits per heavy atom. The number of aliphatic imine (C=N–C) groups is 1. The first-order valence-corrected chi connectivity index (χ1v) is 7.73. The van der Waals surface area contributed by atoms with Crippen LogP contribution in [-0.2, 0) is 0 Å². The Labute approximate surface area is 123 Å². The van der Waals surface area contributed by atoms with E-state index < -0.39 is 0 Å². The zero-order valence-corrected chi connectivity index (χ0v) is 12.2. The number of amidine groups is 1. The van der Waals surface area contributed by atoms with Gasteiger partial charge in [-0.2, -0.15) is 0 Å². The SMILES string of the molecule is CC(NC1=NC(c2ccccc2)CS1)c1ccncc1. The first-order valence-electron chi connectivity index (χ1n) is 6.75. The highest BCUT2D eigenvalue weighted by atomic mass is 32.2. The van der Waals surface area contributed by atoms with Crippen LogP contribution in [0.25, 0.3) is 0 Å². The van der Waals surface area contributed by atoms with E-state index >= 15 is 0 Å². The summed E-state index contributed by atoms with van der Waals surface area (Å²) in [6.07, 6.45) is 3.65. The van der Waals surface area contributed by atoms with Gasteiger partial charge in [-0.25, -0.2) is 0 Å². The van der Waals surface area contributed by atoms with E-state index in [0.29, 0.717) is 0 Å². The molecule has 2 heterocycles. The molecule has 102 valence electrons. The van der Waals surface area contributed by atoms with E-state index in [2.05, 4.69) is 41.5 Å². The summed E-state index contributed by atoms with van der Waals surface area (Å²) in [7, 11) is 0. The zero-order valence-electron chi connectivity index (χ0n) is 11.4. The summed E-state index contributed by atoms with van der Waals surface area (Å²) in [4.78, 5) is 8.82. The Bertz CT molecular complexity index is 583. The van der Waals surface area contributed by atoms with E-state index in [1.54, 1.807) is 11.8 Å². The van der Waals surface area contributed by atoms with Crippen LogP contribution in [0, 0.1) is 0 Å². The predicted octanol–water partition coefficient (Wildman–Crippen LogP) is 3.58. The van der Waals surface area contributed by atoms with Crippen molar-refractivity contribution in [2.24, 2.45) is 4.99 Å². The fraction of sp³-hybridized carbons (Fsp3) is 0.250. The van der Waals surface area contributed by atoms with Crippen LogP contribution in [0.5, 0.6) is 0 Å². The Morgan fingerprint density at radius 1 is 1.15 bits per heavy atom. The standard InChI is InChI=1S/C16H17N3S/c1-12(13-7-9-17-10-8-13)18-16-19-15(11-20-16)14-5-3-2-4-6-14/h2-10,12,15H,11H2,1H3,(H,18,19). The second-order valence-corrected chi connectivity index (χ2v) is 5.83. The van der Waals surface area contributed by atoms with Gasteiger partial charge in [0.2, 0.25) is 0 Å². The van der Waals surface area contributed by atoms with Gasteiger partial charge in [0.15, 0.2) is 5.17 Å². The Balaban J connectivity index is 1.67. The van der Waals surface area contributed by atoms with Gasteiger partial charge in [-0.3, -0.25) is 9.98 Å². The molecule has 1 aromatic heterocycles. The van der Waals surface area contributed by atoms with E-state index in [9.17, 15) is 0 Å². The summed E-state index contributed by atoms with van der Waals surface area (Å²) < 4.78 is 0. The minimum Gasteiger partial charge on any atom is -0.358 e. The third kappa shape index (κ3) is 3.02. The molecule has 0 radical (unpaired) electrons. The maximum absolute atomic E-state index is 4.78. The van der Waals surface area contributed by atoms with Crippen LogP contribution >= 0.6 is 11.8 Å². The largest absolute Gasteiger partial charge is 0.358 e. The highest BCUT2D eigenvalue weighted by Gasteiger charge is 2.20. The number of rotatable bonds is 3. The summed E-state index contributed by atoms with van der Waals surface area (Å²) in [5, 5.41) is 4.51. The average Bonchev–Trinajstić information content (AvgIpc) is 2.97. The van der Waals surface area contributed by atoms with Gasteiger partial charge >= 0.3 is 0 Å². The lowest BCUT2D eigenvalue weighted by Gasteiger charge is -2.14. The second-order valence-electron chi connectivity index (χ2n) is 4.82. The minimum absolute atomic E-state index is 0.249. The van der Waals surface area contributed by atoms with Gasteiger partial charge < -0.3 is 5.32 Å². The van der Waals surface area contributed by atoms with Gasteiger partial charge in [0, 0.05) is 18.1 Å². The summed E-state index contributed by atoms with van der Waals surface area (Å²) >= 11 is 1.79. The van der Waals surface area contributed by atoms with Gasteiger partial charge in [0.05, 0.1) is 12.1 Å². The molecule has 1 N–H and O–H groups in total. The molecule has 0 aliphatic carbocycles. The third-order valence-electron chi connectivity index (χ3n) is 3.38. The van der Waals surface area contributed by atoms with Crippen LogP contribution in [0.1, 0.15) is 30.1 Å². The number of hydrogen-bond acceptors (Lipinski definition) is 4. The van der Waals surface area contributed by atoms with Gasteiger partial charge in [0.1, 0.15) is 0 Å². The van der Waals surface area contributed by atoms with E-state index in [1.165, 1.54) is 11.1 Å². The summed E-state index contributed by atoms with van der Waals surface area (Å²) in [6, 6.07) is 15.1. The highest BCUT2D eigenvalue weighted by Crippen LogP contribution is 2.30. The van der Waals surface area contributed by atoms with Gasteiger partial charge in [-0.05, 0) is 30.2 Å². The molecule has 3 rings (SSSR count). The van der Waals surface area contributed by atoms with E-state index in [4.69, 9.17) is 4.99 Å². The highest BCUT2D eigenvalue weighted by molar-refractivity contribution is 8.14. The van der Waals surface area contributed by atoms with Gasteiger partial charge in [-0.1, -0.05) is 42.1 Å². The normalized spacial score (nSPS) is 19.4. The maximum atomic E-state index is 4.78. The van der Waals surface area contributed by atoms with Crippen LogP contribution in [0.15, 0.2) is 59.9 Å². The van der Waals surface area contributed by atoms with Crippen molar-refractivity contribution in [1.82, 2.24) is 10.3 Å². The van der Waals surface area contributed by atoms with Crippen LogP contribution in [0.2, 0.25) is 0 Å². The molecule has 0 saturated heterocycles. The van der Waals surface area contributed by atoms with Crippen molar-refractivity contribution >= 4 is 16.9 Å². The molecule has 0 bridgehead atoms.